The molecule has 1 aliphatic rings. The van der Waals surface area contributed by atoms with E-state index in [0.29, 0.717) is 28.1 Å². The Morgan fingerprint density at radius 3 is 2.76 bits per heavy atom. The van der Waals surface area contributed by atoms with Gasteiger partial charge in [-0.05, 0) is 30.4 Å². The Labute approximate surface area is 97.3 Å². The van der Waals surface area contributed by atoms with Gasteiger partial charge in [-0.15, -0.1) is 0 Å². The Kier molecular flexibility index (Phi) is 2.27. The van der Waals surface area contributed by atoms with E-state index in [0.717, 1.165) is 12.8 Å². The molecule has 6 heteroatoms. The first-order chi connectivity index (χ1) is 8.15. The van der Waals surface area contributed by atoms with Gasteiger partial charge >= 0.3 is 7.12 Å². The maximum Gasteiger partial charge on any atom is 0.488 e. The molecule has 1 aromatic heterocycles. The fourth-order valence-corrected chi connectivity index (χ4v) is 1.89. The van der Waals surface area contributed by atoms with Crippen LogP contribution in [0.2, 0.25) is 0 Å². The van der Waals surface area contributed by atoms with Crippen LogP contribution in [0, 0.1) is 0 Å². The fraction of sp³-hybridized carbons (Fsp3) is 0.273. The lowest BCUT2D eigenvalue weighted by molar-refractivity contribution is 0.426. The predicted octanol–water partition coefficient (Wildman–Crippen LogP) is -0.520. The molecule has 1 fully saturated rings. The zero-order valence-electron chi connectivity index (χ0n) is 9.05. The lowest BCUT2D eigenvalue weighted by atomic mass is 9.80. The average Bonchev–Trinajstić information content (AvgIpc) is 3.11. The van der Waals surface area contributed by atoms with Crippen molar-refractivity contribution in [1.29, 1.82) is 0 Å². The molecule has 1 aliphatic carbocycles. The van der Waals surface area contributed by atoms with Crippen molar-refractivity contribution in [3.05, 3.63) is 34.4 Å². The minimum absolute atomic E-state index is 0.170. The maximum atomic E-state index is 11.8. The van der Waals surface area contributed by atoms with Gasteiger partial charge in [-0.2, -0.15) is 0 Å². The standard InChI is InChI=1S/C11H11BN2O3/c15-11-8-4-3-7(12(16)17)5-9(8)13-10(14-11)6-1-2-6/h3-6,16-17H,1-2H2,(H,13,14,15). The molecule has 2 aromatic rings. The minimum atomic E-state index is -1.54. The van der Waals surface area contributed by atoms with Gasteiger partial charge in [-0.25, -0.2) is 4.98 Å². The van der Waals surface area contributed by atoms with Gasteiger partial charge in [0.15, 0.2) is 0 Å². The second kappa shape index (κ2) is 3.68. The number of nitrogens with zero attached hydrogens (tertiary/aromatic N) is 1. The Hall–Kier alpha value is -1.66. The van der Waals surface area contributed by atoms with Crippen molar-refractivity contribution >= 4 is 23.5 Å². The van der Waals surface area contributed by atoms with Crippen LogP contribution in [0.1, 0.15) is 24.6 Å². The summed E-state index contributed by atoms with van der Waals surface area (Å²) in [5.74, 6) is 1.06. The smallest absolute Gasteiger partial charge is 0.423 e. The first-order valence-corrected chi connectivity index (χ1v) is 5.55. The van der Waals surface area contributed by atoms with E-state index in [-0.39, 0.29) is 5.56 Å². The molecular weight excluding hydrogens is 219 g/mol. The molecule has 5 nitrogen and oxygen atoms in total. The number of benzene rings is 1. The van der Waals surface area contributed by atoms with Crippen LogP contribution >= 0.6 is 0 Å². The summed E-state index contributed by atoms with van der Waals surface area (Å²) >= 11 is 0. The molecule has 0 spiro atoms. The molecular formula is C11H11BN2O3. The molecule has 0 atom stereocenters. The molecule has 0 radical (unpaired) electrons. The highest BCUT2D eigenvalue weighted by Gasteiger charge is 2.26. The Bertz CT molecular complexity index is 629. The second-order valence-corrected chi connectivity index (χ2v) is 4.38. The summed E-state index contributed by atoms with van der Waals surface area (Å²) in [5, 5.41) is 18.6. The van der Waals surface area contributed by atoms with E-state index in [9.17, 15) is 4.79 Å². The van der Waals surface area contributed by atoms with Crippen LogP contribution in [0.3, 0.4) is 0 Å². The van der Waals surface area contributed by atoms with E-state index in [1.54, 1.807) is 12.1 Å². The molecule has 0 amide bonds. The number of aromatic amines is 1. The van der Waals surface area contributed by atoms with Gasteiger partial charge in [-0.3, -0.25) is 4.79 Å². The molecule has 3 N–H and O–H groups in total. The van der Waals surface area contributed by atoms with Crippen LogP contribution in [0.25, 0.3) is 10.9 Å². The van der Waals surface area contributed by atoms with E-state index in [1.165, 1.54) is 6.07 Å². The maximum absolute atomic E-state index is 11.8. The lowest BCUT2D eigenvalue weighted by Crippen LogP contribution is -2.30. The van der Waals surface area contributed by atoms with Gasteiger partial charge in [0, 0.05) is 5.92 Å². The minimum Gasteiger partial charge on any atom is -0.423 e. The molecule has 17 heavy (non-hydrogen) atoms. The van der Waals surface area contributed by atoms with Crippen LogP contribution in [0.5, 0.6) is 0 Å². The second-order valence-electron chi connectivity index (χ2n) is 4.38. The predicted molar refractivity (Wildman–Crippen MR) is 64.2 cm³/mol. The van der Waals surface area contributed by atoms with Crippen LogP contribution in [0.4, 0.5) is 0 Å². The molecule has 86 valence electrons. The van der Waals surface area contributed by atoms with E-state index in [2.05, 4.69) is 9.97 Å². The third kappa shape index (κ3) is 1.85. The monoisotopic (exact) mass is 230 g/mol. The first kappa shape index (κ1) is 10.5. The van der Waals surface area contributed by atoms with Crippen molar-refractivity contribution in [3.8, 4) is 0 Å². The van der Waals surface area contributed by atoms with E-state index < -0.39 is 7.12 Å². The average molecular weight is 230 g/mol. The summed E-state index contributed by atoms with van der Waals surface area (Å²) in [7, 11) is -1.54. The van der Waals surface area contributed by atoms with Crippen molar-refractivity contribution in [2.45, 2.75) is 18.8 Å². The van der Waals surface area contributed by atoms with Crippen LogP contribution < -0.4 is 11.0 Å². The van der Waals surface area contributed by atoms with E-state index in [4.69, 9.17) is 10.0 Å². The Balaban J connectivity index is 2.22. The quantitative estimate of drug-likeness (QED) is 0.606. The SMILES string of the molecule is O=c1[nH]c(C2CC2)nc2cc(B(O)O)ccc12. The number of nitrogens with one attached hydrogen (secondary N) is 1. The number of H-pyrrole nitrogens is 1. The lowest BCUT2D eigenvalue weighted by Gasteiger charge is -2.03. The largest absolute Gasteiger partial charge is 0.488 e. The summed E-state index contributed by atoms with van der Waals surface area (Å²) in [5.41, 5.74) is 0.689. The summed E-state index contributed by atoms with van der Waals surface area (Å²) in [6, 6.07) is 4.62. The van der Waals surface area contributed by atoms with Crippen molar-refractivity contribution in [2.24, 2.45) is 0 Å². The number of hydrogen-bond acceptors (Lipinski definition) is 4. The van der Waals surface area contributed by atoms with Gasteiger partial charge in [0.25, 0.3) is 5.56 Å². The number of fused-ring (bicyclic) bond motifs is 1. The van der Waals surface area contributed by atoms with Gasteiger partial charge in [-0.1, -0.05) is 6.07 Å². The van der Waals surface area contributed by atoms with Crippen molar-refractivity contribution in [1.82, 2.24) is 9.97 Å². The first-order valence-electron chi connectivity index (χ1n) is 5.55. The molecule has 3 rings (SSSR count). The third-order valence-electron chi connectivity index (χ3n) is 3.01. The zero-order valence-corrected chi connectivity index (χ0v) is 9.05. The molecule has 0 saturated heterocycles. The summed E-state index contributed by atoms with van der Waals surface area (Å²) in [6.07, 6.45) is 2.10. The van der Waals surface area contributed by atoms with Crippen molar-refractivity contribution in [3.63, 3.8) is 0 Å². The molecule has 1 saturated carbocycles. The van der Waals surface area contributed by atoms with Gasteiger partial charge < -0.3 is 15.0 Å². The highest BCUT2D eigenvalue weighted by Crippen LogP contribution is 2.37. The van der Waals surface area contributed by atoms with Crippen molar-refractivity contribution in [2.75, 3.05) is 0 Å². The Morgan fingerprint density at radius 2 is 2.12 bits per heavy atom. The van der Waals surface area contributed by atoms with Crippen LogP contribution in [-0.2, 0) is 0 Å². The highest BCUT2D eigenvalue weighted by molar-refractivity contribution is 6.58. The van der Waals surface area contributed by atoms with Crippen LogP contribution in [-0.4, -0.2) is 27.1 Å². The Morgan fingerprint density at radius 1 is 1.35 bits per heavy atom. The molecule has 0 aliphatic heterocycles. The number of rotatable bonds is 2. The molecule has 1 heterocycles. The van der Waals surface area contributed by atoms with Crippen LogP contribution in [0.15, 0.2) is 23.0 Å². The normalized spacial score (nSPS) is 15.2. The third-order valence-corrected chi connectivity index (χ3v) is 3.01. The zero-order chi connectivity index (χ0) is 12.0. The van der Waals surface area contributed by atoms with E-state index in [1.807, 2.05) is 0 Å². The van der Waals surface area contributed by atoms with Gasteiger partial charge in [0.05, 0.1) is 10.9 Å². The highest BCUT2D eigenvalue weighted by atomic mass is 16.4. The molecule has 0 unspecified atom stereocenters. The topological polar surface area (TPSA) is 86.2 Å². The van der Waals surface area contributed by atoms with Gasteiger partial charge in [0.2, 0.25) is 0 Å². The number of hydrogen-bond donors (Lipinski definition) is 3. The fourth-order valence-electron chi connectivity index (χ4n) is 1.89. The van der Waals surface area contributed by atoms with Gasteiger partial charge in [0.1, 0.15) is 5.82 Å². The van der Waals surface area contributed by atoms with E-state index >= 15 is 0 Å². The summed E-state index contributed by atoms with van der Waals surface area (Å²) in [4.78, 5) is 18.9. The van der Waals surface area contributed by atoms with Crippen molar-refractivity contribution < 1.29 is 10.0 Å². The number of aromatic nitrogens is 2. The summed E-state index contributed by atoms with van der Waals surface area (Å²) < 4.78 is 0. The molecule has 0 bridgehead atoms. The summed E-state index contributed by atoms with van der Waals surface area (Å²) in [6.45, 7) is 0. The molecule has 1 aromatic carbocycles.